The third-order valence-electron chi connectivity index (χ3n) is 15.6. The smallest absolute Gasteiger partial charge is 0.327 e. The van der Waals surface area contributed by atoms with Crippen molar-refractivity contribution in [1.82, 2.24) is 89.3 Å². The number of carbonyl (C=O) groups is 16. The lowest BCUT2D eigenvalue weighted by molar-refractivity contribution is -0.142. The van der Waals surface area contributed by atoms with E-state index >= 15 is 0 Å². The lowest BCUT2D eigenvalue weighted by Crippen LogP contribution is -2.61. The average Bonchev–Trinajstić information content (AvgIpc) is 1.65. The van der Waals surface area contributed by atoms with E-state index in [1.165, 1.54) is 19.4 Å². The van der Waals surface area contributed by atoms with E-state index in [4.69, 9.17) is 28.7 Å². The molecule has 15 atom stereocenters. The second kappa shape index (κ2) is 49.4. The Morgan fingerprint density at radius 3 is 1.16 bits per heavy atom. The molecule has 0 bridgehead atoms. The molecule has 1 aromatic heterocycles. The number of nitrogens with two attached hydrogens (primary N) is 5. The van der Waals surface area contributed by atoms with Crippen molar-refractivity contribution in [3.63, 3.8) is 0 Å². The highest BCUT2D eigenvalue weighted by Crippen LogP contribution is 2.20. The van der Waals surface area contributed by atoms with Crippen molar-refractivity contribution in [3.05, 3.63) is 18.2 Å². The van der Waals surface area contributed by atoms with Gasteiger partial charge in [-0.1, -0.05) is 0 Å². The van der Waals surface area contributed by atoms with Crippen LogP contribution in [0.4, 0.5) is 0 Å². The molecule has 0 aromatic carbocycles. The molecule has 31 N–H and O–H groups in total. The predicted molar refractivity (Wildman–Crippen MR) is 393 cm³/mol. The van der Waals surface area contributed by atoms with Crippen molar-refractivity contribution in [3.8, 4) is 0 Å². The molecule has 15 amide bonds. The Kier molecular flexibility index (Phi) is 43.2. The minimum atomic E-state index is -1.92. The minimum absolute atomic E-state index is 0.0339. The molecule has 2 heterocycles. The highest BCUT2D eigenvalue weighted by atomic mass is 32.1. The van der Waals surface area contributed by atoms with Crippen molar-refractivity contribution in [2.75, 3.05) is 82.2 Å². The molecule has 1 aromatic rings. The molecule has 0 radical (unpaired) electrons. The van der Waals surface area contributed by atoms with Gasteiger partial charge in [0.05, 0.1) is 45.9 Å². The molecule has 46 nitrogen and oxygen atoms in total. The van der Waals surface area contributed by atoms with Gasteiger partial charge in [-0.2, -0.15) is 50.5 Å². The van der Waals surface area contributed by atoms with E-state index in [1.54, 1.807) is 0 Å². The van der Waals surface area contributed by atoms with Crippen LogP contribution in [-0.4, -0.2) is 325 Å². The van der Waals surface area contributed by atoms with Gasteiger partial charge in [0, 0.05) is 61.0 Å². The number of amides is 15. The summed E-state index contributed by atoms with van der Waals surface area (Å²) in [5, 5.41) is 91.9. The largest absolute Gasteiger partial charge is 0.480 e. The summed E-state index contributed by atoms with van der Waals surface area (Å²) in [4.78, 5) is 229. The summed E-state index contributed by atoms with van der Waals surface area (Å²) < 4.78 is 0. The van der Waals surface area contributed by atoms with Crippen molar-refractivity contribution in [2.24, 2.45) is 38.7 Å². The number of carbonyl (C=O) groups excluding carboxylic acids is 15. The number of aliphatic hydroxyl groups is 5. The fraction of sp³-hybridized carbons (Fsp3) is 0.638. The Balaban J connectivity index is 2.26. The quantitative estimate of drug-likeness (QED) is 0.0125. The molecule has 50 heteroatoms. The van der Waals surface area contributed by atoms with E-state index in [0.29, 0.717) is 5.69 Å². The molecule has 1 fully saturated rings. The molecular formula is C58H98N24O22S4. The first-order chi connectivity index (χ1) is 51.1. The van der Waals surface area contributed by atoms with E-state index in [1.807, 2.05) is 10.6 Å². The number of aromatic amines is 1. The average molecular weight is 1610 g/mol. The molecule has 0 saturated carbocycles. The van der Waals surface area contributed by atoms with E-state index in [2.05, 4.69) is 134 Å². The number of aliphatic imine (C=N–C) groups is 2. The summed E-state index contributed by atoms with van der Waals surface area (Å²) in [7, 11) is 0. The first-order valence-electron chi connectivity index (χ1n) is 33.2. The number of nitrogens with one attached hydrogen (secondary N) is 15. The summed E-state index contributed by atoms with van der Waals surface area (Å²) in [6.45, 7) is -3.90. The van der Waals surface area contributed by atoms with Crippen LogP contribution in [-0.2, 0) is 83.1 Å². The first-order valence-corrected chi connectivity index (χ1v) is 35.7. The van der Waals surface area contributed by atoms with Gasteiger partial charge in [0.15, 0.2) is 11.9 Å². The Hall–Kier alpha value is -9.57. The second-order valence-electron chi connectivity index (χ2n) is 23.8. The Bertz CT molecular complexity index is 3310. The molecule has 1 saturated heterocycles. The molecule has 2 rings (SSSR count). The molecule has 0 unspecified atom stereocenters. The van der Waals surface area contributed by atoms with E-state index in [9.17, 15) is 107 Å². The number of aliphatic hydroxyl groups excluding tert-OH is 5. The van der Waals surface area contributed by atoms with Gasteiger partial charge in [0.1, 0.15) is 90.6 Å². The van der Waals surface area contributed by atoms with Gasteiger partial charge in [-0.15, -0.1) is 0 Å². The maximum Gasteiger partial charge on any atom is 0.327 e. The van der Waals surface area contributed by atoms with Crippen LogP contribution in [0.2, 0.25) is 0 Å². The van der Waals surface area contributed by atoms with Crippen molar-refractivity contribution >= 4 is 157 Å². The summed E-state index contributed by atoms with van der Waals surface area (Å²) in [5.74, 6) is -19.3. The zero-order chi connectivity index (χ0) is 81.5. The topological polar surface area (TPSA) is 750 Å². The predicted octanol–water partition coefficient (Wildman–Crippen LogP) is -15.4. The number of thiol groups is 4. The number of H-pyrrole nitrogens is 1. The summed E-state index contributed by atoms with van der Waals surface area (Å²) in [6.07, 6.45) is 1.94. The second-order valence-corrected chi connectivity index (χ2v) is 25.3. The fourth-order valence-corrected chi connectivity index (χ4v) is 10.7. The van der Waals surface area contributed by atoms with Crippen LogP contribution < -0.4 is 103 Å². The van der Waals surface area contributed by atoms with Crippen LogP contribution in [0, 0.1) is 0 Å². The monoisotopic (exact) mass is 1610 g/mol. The van der Waals surface area contributed by atoms with Gasteiger partial charge in [-0.05, 0) is 52.4 Å². The third kappa shape index (κ3) is 32.1. The van der Waals surface area contributed by atoms with E-state index in [-0.39, 0.29) is 93.8 Å². The van der Waals surface area contributed by atoms with Crippen LogP contribution >= 0.6 is 50.5 Å². The Morgan fingerprint density at radius 1 is 0.472 bits per heavy atom. The SMILES string of the molecule is C[C@H](NC(=O)[C@H](CCCN=C(N)N)NC(=O)[C@H](CO)NC(=O)[C@H](CCCN=C(N)N)NC(=O)[C@H](CO)NC(=O)[C@H](CS)NC(=O)[C@H](C)NC(=O)[C@@H]1CCCN1C(=O)[C@H](Cc1cnc[nH]1)NC(=O)[C@H](CO)NC(=O)[C@H](CS)NC(=O)[C@H](CS)NC(=O)CN)C(=O)N[C@@H](CO)C(=O)N[C@@H](CO)C(=O)N[C@@H](CS)C(=O)O. The summed E-state index contributed by atoms with van der Waals surface area (Å²) in [6, 6.07) is -24.0. The van der Waals surface area contributed by atoms with Crippen LogP contribution in [0.25, 0.3) is 0 Å². The normalized spacial score (nSPS) is 16.3. The Morgan fingerprint density at radius 2 is 0.796 bits per heavy atom. The maximum atomic E-state index is 14.4. The molecule has 1 aliphatic heterocycles. The van der Waals surface area contributed by atoms with Gasteiger partial charge in [-0.3, -0.25) is 81.9 Å². The van der Waals surface area contributed by atoms with Gasteiger partial charge in [0.25, 0.3) is 0 Å². The van der Waals surface area contributed by atoms with Gasteiger partial charge >= 0.3 is 5.97 Å². The van der Waals surface area contributed by atoms with Crippen LogP contribution in [0.1, 0.15) is 58.1 Å². The van der Waals surface area contributed by atoms with E-state index in [0.717, 1.165) is 11.8 Å². The Labute approximate surface area is 639 Å². The maximum absolute atomic E-state index is 14.4. The highest BCUT2D eigenvalue weighted by Gasteiger charge is 2.41. The summed E-state index contributed by atoms with van der Waals surface area (Å²) >= 11 is 16.1. The fourth-order valence-electron chi connectivity index (χ4n) is 9.65. The third-order valence-corrected chi connectivity index (χ3v) is 17.1. The highest BCUT2D eigenvalue weighted by molar-refractivity contribution is 7.80. The standard InChI is InChI=1S/C58H98N24O22S4/c1-25(42(89)74-31(15-83)49(96)76-35(19-87)50(97)81-39(23-108)56(103)104)68-44(91)28(6-3-9-65-57(60)61)71-46(93)32(16-84)75-45(92)29(7-4-10-66-58(62)63)72-47(94)33(17-85)77-52(99)37(21-106)79-43(90)26(2)69-54(101)40-8-5-11-82(40)55(102)30(12-27-14-64-24-67-27)73-48(95)34(18-86)78-53(100)38(22-107)80-51(98)36(20-105)70-41(88)13-59/h14,24-26,28-40,83-87,105-108H,3-13,15-23,59H2,1-2H3,(H,64,67)(H,68,91)(H,69,101)(H,70,88)(H,71,93)(H,72,94)(H,73,95)(H,74,89)(H,75,92)(H,76,96)(H,77,99)(H,78,100)(H,79,90)(H,80,98)(H,81,97)(H,103,104)(H4,60,61,65)(H4,62,63,66)/t25-,26-,28-,29-,30-,31-,32-,33-,34-,35-,36-,37-,38-,39-,40-/m0/s1. The number of rotatable bonds is 49. The number of aliphatic carboxylic acids is 1. The molecular weight excluding hydrogens is 1510 g/mol. The van der Waals surface area contributed by atoms with E-state index < -0.39 is 231 Å². The first kappa shape index (κ1) is 94.5. The number of aromatic nitrogens is 2. The number of guanidine groups is 2. The minimum Gasteiger partial charge on any atom is -0.480 e. The molecule has 606 valence electrons. The van der Waals surface area contributed by atoms with Gasteiger partial charge < -0.3 is 144 Å². The number of imidazole rings is 1. The molecule has 108 heavy (non-hydrogen) atoms. The van der Waals surface area contributed by atoms with Crippen molar-refractivity contribution < 1.29 is 107 Å². The number of carboxylic acids is 1. The molecule has 1 aliphatic rings. The molecule has 0 spiro atoms. The number of hydrogen-bond donors (Lipinski definition) is 30. The number of hydrogen-bond acceptors (Lipinski definition) is 29. The zero-order valence-electron chi connectivity index (χ0n) is 58.6. The zero-order valence-corrected chi connectivity index (χ0v) is 62.2. The number of carboxylic acid groups (broad SMARTS) is 1. The summed E-state index contributed by atoms with van der Waals surface area (Å²) in [5.41, 5.74) is 27.4. The van der Waals surface area contributed by atoms with Gasteiger partial charge in [0.2, 0.25) is 88.6 Å². The number of likely N-dealkylation sites (tertiary alicyclic amines) is 1. The van der Waals surface area contributed by atoms with Gasteiger partial charge in [-0.25, -0.2) is 9.78 Å². The van der Waals surface area contributed by atoms with Crippen LogP contribution in [0.15, 0.2) is 22.5 Å². The van der Waals surface area contributed by atoms with Crippen LogP contribution in [0.5, 0.6) is 0 Å². The van der Waals surface area contributed by atoms with Crippen LogP contribution in [0.3, 0.4) is 0 Å². The van der Waals surface area contributed by atoms with Crippen molar-refractivity contribution in [1.29, 1.82) is 0 Å². The lowest BCUT2D eigenvalue weighted by atomic mass is 10.1. The van der Waals surface area contributed by atoms with Crippen molar-refractivity contribution in [2.45, 2.75) is 149 Å². The molecule has 0 aliphatic carbocycles. The lowest BCUT2D eigenvalue weighted by Gasteiger charge is -2.30. The number of nitrogens with zero attached hydrogens (tertiary/aromatic N) is 4.